The maximum Gasteiger partial charge on any atom is 0.264 e. The largest absolute Gasteiger partial charge is 0.497 e. The first-order valence-corrected chi connectivity index (χ1v) is 13.7. The molecule has 1 N–H and O–H groups in total. The molecule has 0 aliphatic heterocycles. The minimum Gasteiger partial charge on any atom is -0.497 e. The van der Waals surface area contributed by atoms with E-state index < -0.39 is 22.5 Å². The lowest BCUT2D eigenvalue weighted by atomic mass is 10.2. The summed E-state index contributed by atoms with van der Waals surface area (Å²) in [5.74, 6) is 1.16. The highest BCUT2D eigenvalue weighted by molar-refractivity contribution is 7.92. The molecule has 3 aromatic carbocycles. The molecular formula is C28H33N3O6S. The van der Waals surface area contributed by atoms with Crippen molar-refractivity contribution in [1.29, 1.82) is 0 Å². The summed E-state index contributed by atoms with van der Waals surface area (Å²) in [5, 5.41) is 4.01. The Kier molecular flexibility index (Phi) is 10.1. The normalized spacial score (nSPS) is 11.3. The van der Waals surface area contributed by atoms with Gasteiger partial charge >= 0.3 is 0 Å². The van der Waals surface area contributed by atoms with Gasteiger partial charge in [0.1, 0.15) is 12.3 Å². The number of nitrogens with zero attached hydrogens (tertiary/aromatic N) is 2. The van der Waals surface area contributed by atoms with Gasteiger partial charge in [0.15, 0.2) is 11.5 Å². The average Bonchev–Trinajstić information content (AvgIpc) is 2.92. The number of hydrogen-bond donors (Lipinski definition) is 1. The van der Waals surface area contributed by atoms with Gasteiger partial charge in [0.25, 0.3) is 15.9 Å². The van der Waals surface area contributed by atoms with Gasteiger partial charge < -0.3 is 14.2 Å². The van der Waals surface area contributed by atoms with Crippen molar-refractivity contribution < 1.29 is 27.4 Å². The number of hydrogen-bond acceptors (Lipinski definition) is 7. The number of carbonyl (C=O) groups excluding carboxylic acids is 1. The molecule has 1 amide bonds. The number of nitrogens with one attached hydrogen (secondary N) is 1. The Morgan fingerprint density at radius 2 is 1.68 bits per heavy atom. The molecule has 0 aliphatic rings. The second-order valence-electron chi connectivity index (χ2n) is 8.30. The van der Waals surface area contributed by atoms with E-state index in [1.807, 2.05) is 20.8 Å². The van der Waals surface area contributed by atoms with Crippen molar-refractivity contribution in [2.45, 2.75) is 32.1 Å². The Labute approximate surface area is 224 Å². The van der Waals surface area contributed by atoms with Gasteiger partial charge in [-0.2, -0.15) is 5.10 Å². The second kappa shape index (κ2) is 13.5. The third-order valence-electron chi connectivity index (χ3n) is 5.39. The predicted octanol–water partition coefficient (Wildman–Crippen LogP) is 4.54. The zero-order chi connectivity index (χ0) is 27.5. The number of hydrazone groups is 1. The number of ether oxygens (including phenoxy) is 3. The summed E-state index contributed by atoms with van der Waals surface area (Å²) in [4.78, 5) is 12.9. The Balaban J connectivity index is 1.79. The molecule has 0 bridgehead atoms. The molecule has 3 aromatic rings. The molecule has 0 aliphatic carbocycles. The molecular weight excluding hydrogens is 506 g/mol. The number of rotatable bonds is 13. The molecule has 0 saturated heterocycles. The molecule has 38 heavy (non-hydrogen) atoms. The highest BCUT2D eigenvalue weighted by Gasteiger charge is 2.27. The molecule has 0 unspecified atom stereocenters. The van der Waals surface area contributed by atoms with E-state index in [1.165, 1.54) is 25.5 Å². The van der Waals surface area contributed by atoms with Crippen molar-refractivity contribution in [2.24, 2.45) is 5.10 Å². The molecule has 0 saturated carbocycles. The lowest BCUT2D eigenvalue weighted by Crippen LogP contribution is -2.39. The monoisotopic (exact) mass is 539 g/mol. The number of anilines is 1. The van der Waals surface area contributed by atoms with Crippen LogP contribution in [0.15, 0.2) is 76.7 Å². The first-order valence-electron chi connectivity index (χ1n) is 12.2. The Bertz CT molecular complexity index is 1340. The first kappa shape index (κ1) is 28.5. The molecule has 10 heteroatoms. The molecule has 0 spiro atoms. The van der Waals surface area contributed by atoms with E-state index >= 15 is 0 Å². The van der Waals surface area contributed by atoms with Crippen molar-refractivity contribution in [3.05, 3.63) is 77.9 Å². The molecule has 9 nitrogen and oxygen atoms in total. The van der Waals surface area contributed by atoms with Crippen molar-refractivity contribution >= 4 is 27.8 Å². The van der Waals surface area contributed by atoms with Crippen LogP contribution in [0.3, 0.4) is 0 Å². The van der Waals surface area contributed by atoms with Gasteiger partial charge in [-0.15, -0.1) is 0 Å². The lowest BCUT2D eigenvalue weighted by molar-refractivity contribution is -0.119. The van der Waals surface area contributed by atoms with Crippen molar-refractivity contribution in [2.75, 3.05) is 31.2 Å². The third-order valence-corrected chi connectivity index (χ3v) is 7.18. The first-order chi connectivity index (χ1) is 18.3. The number of amides is 1. The average molecular weight is 540 g/mol. The number of sulfonamides is 1. The van der Waals surface area contributed by atoms with Gasteiger partial charge in [0.2, 0.25) is 0 Å². The zero-order valence-electron chi connectivity index (χ0n) is 22.0. The van der Waals surface area contributed by atoms with E-state index in [0.29, 0.717) is 41.7 Å². The van der Waals surface area contributed by atoms with Crippen LogP contribution in [0.1, 0.15) is 31.4 Å². The van der Waals surface area contributed by atoms with Crippen molar-refractivity contribution in [3.8, 4) is 17.2 Å². The van der Waals surface area contributed by atoms with Crippen LogP contribution in [0, 0.1) is 6.92 Å². The zero-order valence-corrected chi connectivity index (χ0v) is 22.8. The SMILES string of the molecule is CCCOc1ccc(/C=N\NC(=O)CN(c2ccc(OC)cc2)S(=O)(=O)c2ccc(C)cc2)cc1OCC. The predicted molar refractivity (Wildman–Crippen MR) is 148 cm³/mol. The van der Waals surface area contributed by atoms with Gasteiger partial charge in [0.05, 0.1) is 37.1 Å². The fourth-order valence-corrected chi connectivity index (χ4v) is 4.87. The maximum absolute atomic E-state index is 13.5. The highest BCUT2D eigenvalue weighted by Crippen LogP contribution is 2.28. The van der Waals surface area contributed by atoms with Gasteiger partial charge in [-0.1, -0.05) is 24.6 Å². The smallest absolute Gasteiger partial charge is 0.264 e. The van der Waals surface area contributed by atoms with Crippen LogP contribution in [0.4, 0.5) is 5.69 Å². The number of aryl methyl sites for hydroxylation is 1. The van der Waals surface area contributed by atoms with Crippen molar-refractivity contribution in [3.63, 3.8) is 0 Å². The fraction of sp³-hybridized carbons (Fsp3) is 0.286. The van der Waals surface area contributed by atoms with E-state index in [1.54, 1.807) is 54.6 Å². The van der Waals surface area contributed by atoms with E-state index in [4.69, 9.17) is 14.2 Å². The fourth-order valence-electron chi connectivity index (χ4n) is 3.45. The molecule has 202 valence electrons. The Morgan fingerprint density at radius 3 is 2.32 bits per heavy atom. The van der Waals surface area contributed by atoms with E-state index in [-0.39, 0.29) is 4.90 Å². The van der Waals surface area contributed by atoms with Crippen LogP contribution in [0.5, 0.6) is 17.2 Å². The lowest BCUT2D eigenvalue weighted by Gasteiger charge is -2.24. The van der Waals surface area contributed by atoms with Crippen LogP contribution in [-0.2, 0) is 14.8 Å². The summed E-state index contributed by atoms with van der Waals surface area (Å²) in [6.07, 6.45) is 2.32. The summed E-state index contributed by atoms with van der Waals surface area (Å²) in [6, 6.07) is 18.2. The molecule has 0 atom stereocenters. The summed E-state index contributed by atoms with van der Waals surface area (Å²) in [6.45, 7) is 6.33. The van der Waals surface area contributed by atoms with Gasteiger partial charge in [-0.05, 0) is 80.4 Å². The van der Waals surface area contributed by atoms with E-state index in [9.17, 15) is 13.2 Å². The topological polar surface area (TPSA) is 107 Å². The summed E-state index contributed by atoms with van der Waals surface area (Å²) in [7, 11) is -2.52. The number of methoxy groups -OCH3 is 1. The van der Waals surface area contributed by atoms with E-state index in [0.717, 1.165) is 16.3 Å². The maximum atomic E-state index is 13.5. The van der Waals surface area contributed by atoms with Crippen LogP contribution in [0.2, 0.25) is 0 Å². The molecule has 0 fully saturated rings. The summed E-state index contributed by atoms with van der Waals surface area (Å²) < 4.78 is 44.5. The quantitative estimate of drug-likeness (QED) is 0.253. The molecule has 3 rings (SSSR count). The highest BCUT2D eigenvalue weighted by atomic mass is 32.2. The van der Waals surface area contributed by atoms with Crippen LogP contribution in [-0.4, -0.2) is 47.4 Å². The van der Waals surface area contributed by atoms with E-state index in [2.05, 4.69) is 10.5 Å². The van der Waals surface area contributed by atoms with Crippen LogP contribution >= 0.6 is 0 Å². The van der Waals surface area contributed by atoms with Crippen LogP contribution in [0.25, 0.3) is 0 Å². The second-order valence-corrected chi connectivity index (χ2v) is 10.2. The van der Waals surface area contributed by atoms with Gasteiger partial charge in [-0.25, -0.2) is 13.8 Å². The van der Waals surface area contributed by atoms with Gasteiger partial charge in [-0.3, -0.25) is 9.10 Å². The van der Waals surface area contributed by atoms with Crippen LogP contribution < -0.4 is 23.9 Å². The molecule has 0 aromatic heterocycles. The number of carbonyl (C=O) groups is 1. The van der Waals surface area contributed by atoms with Gasteiger partial charge in [0, 0.05) is 0 Å². The summed E-state index contributed by atoms with van der Waals surface area (Å²) in [5.41, 5.74) is 4.33. The Hall–Kier alpha value is -4.05. The van der Waals surface area contributed by atoms with Crippen molar-refractivity contribution in [1.82, 2.24) is 5.43 Å². The third kappa shape index (κ3) is 7.48. The molecule has 0 radical (unpaired) electrons. The minimum absolute atomic E-state index is 0.0732. The molecule has 0 heterocycles. The standard InChI is InChI=1S/C28H33N3O6S/c1-5-17-37-26-16-9-22(18-27(26)36-6-2)19-29-30-28(32)20-31(23-10-12-24(35-4)13-11-23)38(33,34)25-14-7-21(3)8-15-25/h7-16,18-19H,5-6,17,20H2,1-4H3,(H,30,32)/b29-19-. The minimum atomic E-state index is -4.04. The summed E-state index contributed by atoms with van der Waals surface area (Å²) >= 11 is 0. The number of benzene rings is 3. The Morgan fingerprint density at radius 1 is 0.974 bits per heavy atom.